The Kier molecular flexibility index (Phi) is 4.47. The number of hydrogen-bond acceptors (Lipinski definition) is 3. The quantitative estimate of drug-likeness (QED) is 0.821. The molecule has 7 heteroatoms. The molecule has 2 rings (SSSR count). The highest BCUT2D eigenvalue weighted by atomic mass is 79.9. The molecule has 20 heavy (non-hydrogen) atoms. The number of amides is 2. The van der Waals surface area contributed by atoms with Crippen LogP contribution in [0.3, 0.4) is 0 Å². The molecule has 0 N–H and O–H groups in total. The molecule has 1 aromatic heterocycles. The summed E-state index contributed by atoms with van der Waals surface area (Å²) in [5.74, 6) is -0.0556. The average Bonchev–Trinajstić information content (AvgIpc) is 2.72. The van der Waals surface area contributed by atoms with E-state index in [2.05, 4.69) is 21.0 Å². The minimum atomic E-state index is -0.0287. The van der Waals surface area contributed by atoms with Gasteiger partial charge in [0.25, 0.3) is 0 Å². The fourth-order valence-corrected chi connectivity index (χ4v) is 2.95. The maximum Gasteiger partial charge on any atom is 0.243 e. The number of nitrogens with zero attached hydrogens (tertiary/aromatic N) is 4. The topological polar surface area (TPSA) is 58.4 Å². The summed E-state index contributed by atoms with van der Waals surface area (Å²) >= 11 is 3.56. The Labute approximate surface area is 126 Å². The monoisotopic (exact) mass is 342 g/mol. The van der Waals surface area contributed by atoms with Crippen LogP contribution in [-0.4, -0.2) is 51.5 Å². The number of carbonyl (C=O) groups is 2. The molecule has 0 aliphatic carbocycles. The number of halogens is 1. The molecule has 0 unspecified atom stereocenters. The first-order valence-electron chi connectivity index (χ1n) is 6.73. The van der Waals surface area contributed by atoms with Gasteiger partial charge < -0.3 is 9.80 Å². The van der Waals surface area contributed by atoms with E-state index in [9.17, 15) is 9.59 Å². The number of aromatic nitrogens is 2. The third kappa shape index (κ3) is 2.72. The standard InChI is InChI=1S/C13H19BrN4O2/c1-4-9-13(14)10(18(5-2)15-9)6-17-8-11(19)16(3)7-12(17)20/h4-8H2,1-3H3. The Balaban J connectivity index is 2.23. The second-order valence-electron chi connectivity index (χ2n) is 4.88. The van der Waals surface area contributed by atoms with Crippen LogP contribution in [0.5, 0.6) is 0 Å². The van der Waals surface area contributed by atoms with E-state index in [4.69, 9.17) is 0 Å². The van der Waals surface area contributed by atoms with Gasteiger partial charge in [0.2, 0.25) is 11.8 Å². The molecular formula is C13H19BrN4O2. The minimum Gasteiger partial charge on any atom is -0.335 e. The fourth-order valence-electron chi connectivity index (χ4n) is 2.26. The SMILES string of the molecule is CCc1nn(CC)c(CN2CC(=O)N(C)CC2=O)c1Br. The van der Waals surface area contributed by atoms with Crippen molar-refractivity contribution in [1.82, 2.24) is 19.6 Å². The number of carbonyl (C=O) groups excluding carboxylic acids is 2. The highest BCUT2D eigenvalue weighted by molar-refractivity contribution is 9.10. The second kappa shape index (κ2) is 5.95. The smallest absolute Gasteiger partial charge is 0.243 e. The molecule has 1 aliphatic heterocycles. The molecule has 1 fully saturated rings. The average molecular weight is 343 g/mol. The van der Waals surface area contributed by atoms with Crippen molar-refractivity contribution in [3.05, 3.63) is 15.9 Å². The van der Waals surface area contributed by atoms with Gasteiger partial charge in [-0.2, -0.15) is 5.10 Å². The van der Waals surface area contributed by atoms with Crippen LogP contribution in [0.1, 0.15) is 25.2 Å². The van der Waals surface area contributed by atoms with E-state index in [1.165, 1.54) is 4.90 Å². The van der Waals surface area contributed by atoms with Gasteiger partial charge in [0.05, 0.1) is 29.0 Å². The van der Waals surface area contributed by atoms with Gasteiger partial charge in [-0.1, -0.05) is 6.92 Å². The molecule has 2 amide bonds. The van der Waals surface area contributed by atoms with Gasteiger partial charge in [-0.3, -0.25) is 14.3 Å². The Morgan fingerprint density at radius 1 is 1.20 bits per heavy atom. The molecule has 0 saturated carbocycles. The van der Waals surface area contributed by atoms with Gasteiger partial charge in [0.15, 0.2) is 0 Å². The summed E-state index contributed by atoms with van der Waals surface area (Å²) in [6, 6.07) is 0. The van der Waals surface area contributed by atoms with Crippen molar-refractivity contribution in [2.45, 2.75) is 33.4 Å². The van der Waals surface area contributed by atoms with Crippen LogP contribution in [0.25, 0.3) is 0 Å². The highest BCUT2D eigenvalue weighted by Crippen LogP contribution is 2.24. The maximum atomic E-state index is 12.0. The van der Waals surface area contributed by atoms with Gasteiger partial charge in [0.1, 0.15) is 6.54 Å². The first kappa shape index (κ1) is 15.0. The van der Waals surface area contributed by atoms with Gasteiger partial charge in [0, 0.05) is 13.6 Å². The third-order valence-corrected chi connectivity index (χ3v) is 4.43. The normalized spacial score (nSPS) is 16.2. The van der Waals surface area contributed by atoms with Crippen LogP contribution < -0.4 is 0 Å². The van der Waals surface area contributed by atoms with Crippen LogP contribution in [-0.2, 0) is 29.1 Å². The van der Waals surface area contributed by atoms with Gasteiger partial charge >= 0.3 is 0 Å². The third-order valence-electron chi connectivity index (χ3n) is 3.51. The number of aryl methyl sites for hydroxylation is 2. The second-order valence-corrected chi connectivity index (χ2v) is 5.67. The van der Waals surface area contributed by atoms with E-state index in [1.54, 1.807) is 11.9 Å². The van der Waals surface area contributed by atoms with E-state index in [0.29, 0.717) is 6.54 Å². The number of likely N-dealkylation sites (N-methyl/N-ethyl adjacent to an activating group) is 1. The summed E-state index contributed by atoms with van der Waals surface area (Å²) < 4.78 is 2.83. The molecule has 0 bridgehead atoms. The van der Waals surface area contributed by atoms with Crippen LogP contribution >= 0.6 is 15.9 Å². The van der Waals surface area contributed by atoms with Crippen LogP contribution in [0.15, 0.2) is 4.47 Å². The lowest BCUT2D eigenvalue weighted by Gasteiger charge is -2.31. The molecule has 0 spiro atoms. The van der Waals surface area contributed by atoms with E-state index in [-0.39, 0.29) is 24.9 Å². The number of rotatable bonds is 4. The first-order chi connectivity index (χ1) is 9.47. The zero-order valence-corrected chi connectivity index (χ0v) is 13.6. The largest absolute Gasteiger partial charge is 0.335 e. The minimum absolute atomic E-state index is 0.0269. The lowest BCUT2D eigenvalue weighted by Crippen LogP contribution is -2.51. The lowest BCUT2D eigenvalue weighted by atomic mass is 10.2. The Morgan fingerprint density at radius 2 is 1.90 bits per heavy atom. The van der Waals surface area contributed by atoms with E-state index >= 15 is 0 Å². The van der Waals surface area contributed by atoms with Crippen molar-refractivity contribution in [2.24, 2.45) is 0 Å². The molecule has 0 atom stereocenters. The van der Waals surface area contributed by atoms with Crippen molar-refractivity contribution in [2.75, 3.05) is 20.1 Å². The Bertz CT molecular complexity index is 541. The molecule has 1 aromatic rings. The van der Waals surface area contributed by atoms with Crippen molar-refractivity contribution < 1.29 is 9.59 Å². The molecule has 2 heterocycles. The van der Waals surface area contributed by atoms with Crippen LogP contribution in [0.2, 0.25) is 0 Å². The number of piperazine rings is 1. The summed E-state index contributed by atoms with van der Waals surface area (Å²) in [6.45, 7) is 5.50. The maximum absolute atomic E-state index is 12.0. The summed E-state index contributed by atoms with van der Waals surface area (Å²) in [5, 5.41) is 4.51. The van der Waals surface area contributed by atoms with E-state index in [1.807, 2.05) is 18.5 Å². The van der Waals surface area contributed by atoms with Crippen LogP contribution in [0, 0.1) is 0 Å². The highest BCUT2D eigenvalue weighted by Gasteiger charge is 2.29. The predicted octanol–water partition coefficient (Wildman–Crippen LogP) is 1.03. The van der Waals surface area contributed by atoms with Crippen molar-refractivity contribution in [1.29, 1.82) is 0 Å². The summed E-state index contributed by atoms with van der Waals surface area (Å²) in [6.07, 6.45) is 0.830. The molecular weight excluding hydrogens is 324 g/mol. The van der Waals surface area contributed by atoms with Gasteiger partial charge in [-0.15, -0.1) is 0 Å². The first-order valence-corrected chi connectivity index (χ1v) is 7.53. The molecule has 1 aliphatic rings. The van der Waals surface area contributed by atoms with Gasteiger partial charge in [-0.25, -0.2) is 0 Å². The fraction of sp³-hybridized carbons (Fsp3) is 0.615. The lowest BCUT2D eigenvalue weighted by molar-refractivity contribution is -0.149. The van der Waals surface area contributed by atoms with Crippen molar-refractivity contribution in [3.8, 4) is 0 Å². The zero-order chi connectivity index (χ0) is 14.9. The van der Waals surface area contributed by atoms with Crippen LogP contribution in [0.4, 0.5) is 0 Å². The molecule has 1 saturated heterocycles. The van der Waals surface area contributed by atoms with Crippen molar-refractivity contribution >= 4 is 27.7 Å². The Hall–Kier alpha value is -1.37. The molecule has 0 aromatic carbocycles. The number of hydrogen-bond donors (Lipinski definition) is 0. The summed E-state index contributed by atoms with van der Waals surface area (Å²) in [5.41, 5.74) is 1.94. The van der Waals surface area contributed by atoms with E-state index < -0.39 is 0 Å². The summed E-state index contributed by atoms with van der Waals surface area (Å²) in [4.78, 5) is 26.8. The molecule has 0 radical (unpaired) electrons. The predicted molar refractivity (Wildman–Crippen MR) is 78.0 cm³/mol. The summed E-state index contributed by atoms with van der Waals surface area (Å²) in [7, 11) is 1.65. The molecule has 110 valence electrons. The van der Waals surface area contributed by atoms with E-state index in [0.717, 1.165) is 28.8 Å². The van der Waals surface area contributed by atoms with Crippen molar-refractivity contribution in [3.63, 3.8) is 0 Å². The van der Waals surface area contributed by atoms with Gasteiger partial charge in [-0.05, 0) is 29.3 Å². The zero-order valence-electron chi connectivity index (χ0n) is 12.0. The Morgan fingerprint density at radius 3 is 2.50 bits per heavy atom. The molecule has 6 nitrogen and oxygen atoms in total.